The van der Waals surface area contributed by atoms with Crippen LogP contribution in [0.1, 0.15) is 18.9 Å². The Labute approximate surface area is 109 Å². The van der Waals surface area contributed by atoms with Gasteiger partial charge in [-0.15, -0.1) is 6.42 Å². The zero-order valence-electron chi connectivity index (χ0n) is 9.66. The number of nitrogens with zero attached hydrogens (tertiary/aromatic N) is 1. The number of halogens is 1. The van der Waals surface area contributed by atoms with E-state index in [0.29, 0.717) is 10.0 Å². The van der Waals surface area contributed by atoms with Gasteiger partial charge in [0.15, 0.2) is 0 Å². The van der Waals surface area contributed by atoms with E-state index in [0.717, 1.165) is 12.1 Å². The highest BCUT2D eigenvalue weighted by Gasteiger charge is 2.15. The average molecular weight is 297 g/mol. The molecule has 1 rings (SSSR count). The molecule has 1 unspecified atom stereocenters. The predicted octanol–water partition coefficient (Wildman–Crippen LogP) is 3.49. The number of nitrogens with one attached hydrogen (secondary N) is 1. The van der Waals surface area contributed by atoms with E-state index in [1.165, 1.54) is 6.07 Å². The monoisotopic (exact) mass is 296 g/mol. The smallest absolute Gasteiger partial charge is 0.273 e. The van der Waals surface area contributed by atoms with Crippen LogP contribution in [0.4, 0.5) is 11.4 Å². The molecule has 0 aliphatic rings. The van der Waals surface area contributed by atoms with E-state index < -0.39 is 4.92 Å². The number of hydrogen-bond acceptors (Lipinski definition) is 3. The second-order valence-electron chi connectivity index (χ2n) is 3.65. The summed E-state index contributed by atoms with van der Waals surface area (Å²) in [6, 6.07) is 3.13. The number of nitro benzene ring substituents is 1. The molecule has 0 saturated carbocycles. The van der Waals surface area contributed by atoms with Crippen molar-refractivity contribution < 1.29 is 4.92 Å². The molecule has 5 heteroatoms. The molecule has 0 saturated heterocycles. The van der Waals surface area contributed by atoms with Crippen LogP contribution in [-0.2, 0) is 0 Å². The molecule has 0 amide bonds. The molecule has 0 heterocycles. The third-order valence-electron chi connectivity index (χ3n) is 2.42. The standard InChI is InChI=1S/C12H13BrN2O2/c1-4-9(5-2)14-11-6-8(3)12(15(16)17)7-10(11)13/h1,6-7,9,14H,5H2,2-3H3. The van der Waals surface area contributed by atoms with Crippen molar-refractivity contribution >= 4 is 27.3 Å². The highest BCUT2D eigenvalue weighted by molar-refractivity contribution is 9.10. The third-order valence-corrected chi connectivity index (χ3v) is 3.08. The molecular weight excluding hydrogens is 284 g/mol. The van der Waals surface area contributed by atoms with Crippen LogP contribution < -0.4 is 5.32 Å². The van der Waals surface area contributed by atoms with Crippen LogP contribution in [0.15, 0.2) is 16.6 Å². The van der Waals surface area contributed by atoms with E-state index in [2.05, 4.69) is 27.2 Å². The first-order valence-corrected chi connectivity index (χ1v) is 5.96. The molecule has 90 valence electrons. The van der Waals surface area contributed by atoms with Gasteiger partial charge < -0.3 is 5.32 Å². The number of hydrogen-bond donors (Lipinski definition) is 1. The molecule has 0 bridgehead atoms. The van der Waals surface area contributed by atoms with Crippen LogP contribution in [0.3, 0.4) is 0 Å². The SMILES string of the molecule is C#CC(CC)Nc1cc(C)c([N+](=O)[O-])cc1Br. The Hall–Kier alpha value is -1.54. The van der Waals surface area contributed by atoms with Crippen molar-refractivity contribution in [1.82, 2.24) is 0 Å². The molecule has 0 spiro atoms. The predicted molar refractivity (Wildman–Crippen MR) is 72.1 cm³/mol. The van der Waals surface area contributed by atoms with Gasteiger partial charge in [-0.25, -0.2) is 0 Å². The van der Waals surface area contributed by atoms with E-state index >= 15 is 0 Å². The van der Waals surface area contributed by atoms with E-state index in [1.54, 1.807) is 13.0 Å². The van der Waals surface area contributed by atoms with Crippen LogP contribution in [-0.4, -0.2) is 11.0 Å². The van der Waals surface area contributed by atoms with Crippen molar-refractivity contribution in [2.45, 2.75) is 26.3 Å². The normalized spacial score (nSPS) is 11.6. The van der Waals surface area contributed by atoms with E-state index in [4.69, 9.17) is 6.42 Å². The van der Waals surface area contributed by atoms with Crippen molar-refractivity contribution in [2.75, 3.05) is 5.32 Å². The summed E-state index contributed by atoms with van der Waals surface area (Å²) >= 11 is 3.30. The number of anilines is 1. The van der Waals surface area contributed by atoms with Crippen molar-refractivity contribution in [3.8, 4) is 12.3 Å². The van der Waals surface area contributed by atoms with E-state index in [1.807, 2.05) is 6.92 Å². The van der Waals surface area contributed by atoms with E-state index in [-0.39, 0.29) is 11.7 Å². The minimum Gasteiger partial charge on any atom is -0.371 e. The summed E-state index contributed by atoms with van der Waals surface area (Å²) in [6.45, 7) is 3.68. The molecular formula is C12H13BrN2O2. The Morgan fingerprint density at radius 3 is 2.76 bits per heavy atom. The highest BCUT2D eigenvalue weighted by Crippen LogP contribution is 2.31. The highest BCUT2D eigenvalue weighted by atomic mass is 79.9. The molecule has 17 heavy (non-hydrogen) atoms. The van der Waals surface area contributed by atoms with Gasteiger partial charge in [0.2, 0.25) is 0 Å². The van der Waals surface area contributed by atoms with Crippen LogP contribution in [0.25, 0.3) is 0 Å². The maximum absolute atomic E-state index is 10.8. The Morgan fingerprint density at radius 2 is 2.29 bits per heavy atom. The molecule has 1 atom stereocenters. The average Bonchev–Trinajstić information content (AvgIpc) is 2.29. The first-order chi connectivity index (χ1) is 7.99. The van der Waals surface area contributed by atoms with Crippen molar-refractivity contribution in [2.24, 2.45) is 0 Å². The van der Waals surface area contributed by atoms with E-state index in [9.17, 15) is 10.1 Å². The van der Waals surface area contributed by atoms with Crippen molar-refractivity contribution in [3.05, 3.63) is 32.3 Å². The quantitative estimate of drug-likeness (QED) is 0.526. The lowest BCUT2D eigenvalue weighted by Crippen LogP contribution is -2.16. The maximum atomic E-state index is 10.8. The molecule has 0 fully saturated rings. The summed E-state index contributed by atoms with van der Waals surface area (Å²) in [4.78, 5) is 10.4. The Balaban J connectivity index is 3.08. The summed E-state index contributed by atoms with van der Waals surface area (Å²) in [5.41, 5.74) is 1.47. The molecule has 4 nitrogen and oxygen atoms in total. The lowest BCUT2D eigenvalue weighted by Gasteiger charge is -2.14. The fourth-order valence-corrected chi connectivity index (χ4v) is 1.87. The molecule has 1 aromatic rings. The maximum Gasteiger partial charge on any atom is 0.273 e. The van der Waals surface area contributed by atoms with Crippen molar-refractivity contribution in [1.29, 1.82) is 0 Å². The zero-order valence-corrected chi connectivity index (χ0v) is 11.2. The largest absolute Gasteiger partial charge is 0.371 e. The molecule has 1 aromatic carbocycles. The Morgan fingerprint density at radius 1 is 1.65 bits per heavy atom. The van der Waals surface area contributed by atoms with Gasteiger partial charge in [-0.3, -0.25) is 10.1 Å². The van der Waals surface area contributed by atoms with Crippen LogP contribution in [0, 0.1) is 29.4 Å². The molecule has 0 aliphatic carbocycles. The van der Waals surface area contributed by atoms with Gasteiger partial charge >= 0.3 is 0 Å². The summed E-state index contributed by atoms with van der Waals surface area (Å²) in [5.74, 6) is 2.62. The van der Waals surface area contributed by atoms with Crippen LogP contribution in [0.5, 0.6) is 0 Å². The Kier molecular flexibility index (Phi) is 4.53. The second kappa shape index (κ2) is 5.69. The lowest BCUT2D eigenvalue weighted by molar-refractivity contribution is -0.385. The molecule has 0 aromatic heterocycles. The zero-order chi connectivity index (χ0) is 13.0. The van der Waals surface area contributed by atoms with Crippen LogP contribution in [0.2, 0.25) is 0 Å². The second-order valence-corrected chi connectivity index (χ2v) is 4.50. The summed E-state index contributed by atoms with van der Waals surface area (Å²) in [5, 5.41) is 13.9. The Bertz CT molecular complexity index is 480. The summed E-state index contributed by atoms with van der Waals surface area (Å²) in [7, 11) is 0. The number of rotatable bonds is 4. The number of terminal acetylenes is 1. The number of benzene rings is 1. The molecule has 0 radical (unpaired) electrons. The summed E-state index contributed by atoms with van der Waals surface area (Å²) < 4.78 is 0.642. The van der Waals surface area contributed by atoms with Gasteiger partial charge in [0.25, 0.3) is 5.69 Å². The fraction of sp³-hybridized carbons (Fsp3) is 0.333. The number of aryl methyl sites for hydroxylation is 1. The minimum atomic E-state index is -0.400. The fourth-order valence-electron chi connectivity index (χ4n) is 1.43. The van der Waals surface area contributed by atoms with Gasteiger partial charge in [0.05, 0.1) is 16.7 Å². The molecule has 1 N–H and O–H groups in total. The van der Waals surface area contributed by atoms with Gasteiger partial charge in [0, 0.05) is 16.1 Å². The van der Waals surface area contributed by atoms with Gasteiger partial charge in [-0.05, 0) is 35.3 Å². The van der Waals surface area contributed by atoms with Gasteiger partial charge in [-0.2, -0.15) is 0 Å². The third kappa shape index (κ3) is 3.21. The number of nitro groups is 1. The first kappa shape index (κ1) is 13.5. The summed E-state index contributed by atoms with van der Waals surface area (Å²) in [6.07, 6.45) is 6.15. The minimum absolute atomic E-state index is 0.0767. The van der Waals surface area contributed by atoms with Gasteiger partial charge in [0.1, 0.15) is 0 Å². The van der Waals surface area contributed by atoms with Gasteiger partial charge in [-0.1, -0.05) is 12.8 Å². The van der Waals surface area contributed by atoms with Crippen LogP contribution >= 0.6 is 15.9 Å². The topological polar surface area (TPSA) is 55.2 Å². The van der Waals surface area contributed by atoms with Crippen molar-refractivity contribution in [3.63, 3.8) is 0 Å². The first-order valence-electron chi connectivity index (χ1n) is 5.16. The molecule has 0 aliphatic heterocycles. The lowest BCUT2D eigenvalue weighted by atomic mass is 10.1.